The number of hydrogen-bond acceptors (Lipinski definition) is 3. The average molecular weight is 406 g/mol. The Labute approximate surface area is 173 Å². The molecule has 6 heteroatoms. The van der Waals surface area contributed by atoms with Gasteiger partial charge in [0.2, 0.25) is 5.91 Å². The van der Waals surface area contributed by atoms with E-state index in [0.29, 0.717) is 13.0 Å². The number of carbonyl (C=O) groups excluding carboxylic acids is 1. The quantitative estimate of drug-likeness (QED) is 0.636. The van der Waals surface area contributed by atoms with Gasteiger partial charge >= 0.3 is 0 Å². The van der Waals surface area contributed by atoms with Gasteiger partial charge in [0.1, 0.15) is 23.5 Å². The molecule has 0 radical (unpaired) electrons. The van der Waals surface area contributed by atoms with Crippen LogP contribution in [0.25, 0.3) is 17.3 Å². The molecule has 4 nitrogen and oxygen atoms in total. The van der Waals surface area contributed by atoms with Crippen molar-refractivity contribution in [3.05, 3.63) is 89.1 Å². The number of benzene rings is 2. The van der Waals surface area contributed by atoms with Crippen molar-refractivity contribution in [2.45, 2.75) is 19.4 Å². The zero-order valence-electron chi connectivity index (χ0n) is 16.4. The largest absolute Gasteiger partial charge is 0.488 e. The topological polar surface area (TPSA) is 51.2 Å². The SMILES string of the molecule is Cc1cccnc1-c1ccc2c(c1)CC(CNC(=O)/C=C/c1ccc(F)cc1F)O2. The highest BCUT2D eigenvalue weighted by molar-refractivity contribution is 5.91. The van der Waals surface area contributed by atoms with Crippen molar-refractivity contribution in [3.8, 4) is 17.0 Å². The second kappa shape index (κ2) is 8.45. The van der Waals surface area contributed by atoms with Crippen LogP contribution in [-0.4, -0.2) is 23.5 Å². The van der Waals surface area contributed by atoms with Crippen LogP contribution in [0.2, 0.25) is 0 Å². The number of halogens is 2. The van der Waals surface area contributed by atoms with E-state index in [-0.39, 0.29) is 17.6 Å². The second-order valence-electron chi connectivity index (χ2n) is 7.18. The summed E-state index contributed by atoms with van der Waals surface area (Å²) in [6.07, 6.45) is 4.80. The standard InChI is InChI=1S/C24H20F2N2O2/c1-15-3-2-10-27-24(15)17-5-8-22-18(11-17)12-20(30-22)14-28-23(29)9-6-16-4-7-19(25)13-21(16)26/h2-11,13,20H,12,14H2,1H3,(H,28,29)/b9-6+. The van der Waals surface area contributed by atoms with Crippen molar-refractivity contribution in [1.29, 1.82) is 0 Å². The number of rotatable bonds is 5. The molecule has 1 aromatic heterocycles. The first-order valence-corrected chi connectivity index (χ1v) is 9.62. The van der Waals surface area contributed by atoms with Gasteiger partial charge in [0.15, 0.2) is 0 Å². The van der Waals surface area contributed by atoms with Gasteiger partial charge in [-0.15, -0.1) is 0 Å². The molecule has 4 rings (SSSR count). The van der Waals surface area contributed by atoms with E-state index in [0.717, 1.165) is 40.3 Å². The first kappa shape index (κ1) is 19.8. The number of carbonyl (C=O) groups is 1. The lowest BCUT2D eigenvalue weighted by Gasteiger charge is -2.10. The van der Waals surface area contributed by atoms with Crippen LogP contribution >= 0.6 is 0 Å². The van der Waals surface area contributed by atoms with E-state index in [1.54, 1.807) is 6.20 Å². The fourth-order valence-electron chi connectivity index (χ4n) is 3.44. The summed E-state index contributed by atoms with van der Waals surface area (Å²) >= 11 is 0. The van der Waals surface area contributed by atoms with Crippen molar-refractivity contribution < 1.29 is 18.3 Å². The van der Waals surface area contributed by atoms with E-state index in [1.807, 2.05) is 31.2 Å². The lowest BCUT2D eigenvalue weighted by molar-refractivity contribution is -0.116. The maximum Gasteiger partial charge on any atom is 0.244 e. The molecule has 0 saturated carbocycles. The molecule has 2 heterocycles. The van der Waals surface area contributed by atoms with Crippen molar-refractivity contribution in [2.24, 2.45) is 0 Å². The number of aryl methyl sites for hydroxylation is 1. The molecule has 1 aliphatic rings. The number of aromatic nitrogens is 1. The van der Waals surface area contributed by atoms with Crippen LogP contribution < -0.4 is 10.1 Å². The Morgan fingerprint density at radius 2 is 2.10 bits per heavy atom. The minimum Gasteiger partial charge on any atom is -0.488 e. The van der Waals surface area contributed by atoms with E-state index >= 15 is 0 Å². The van der Waals surface area contributed by atoms with Gasteiger partial charge in [-0.1, -0.05) is 6.07 Å². The number of fused-ring (bicyclic) bond motifs is 1. The number of nitrogens with zero attached hydrogens (tertiary/aromatic N) is 1. The molecule has 1 amide bonds. The number of nitrogens with one attached hydrogen (secondary N) is 1. The molecule has 0 aliphatic carbocycles. The third kappa shape index (κ3) is 4.38. The third-order valence-electron chi connectivity index (χ3n) is 4.97. The summed E-state index contributed by atoms with van der Waals surface area (Å²) in [5.41, 5.74) is 4.29. The predicted molar refractivity (Wildman–Crippen MR) is 111 cm³/mol. The Morgan fingerprint density at radius 1 is 1.23 bits per heavy atom. The molecule has 30 heavy (non-hydrogen) atoms. The van der Waals surface area contributed by atoms with Crippen LogP contribution in [0, 0.1) is 18.6 Å². The number of ether oxygens (including phenoxy) is 1. The zero-order valence-corrected chi connectivity index (χ0v) is 16.4. The average Bonchev–Trinajstić information content (AvgIpc) is 3.14. The van der Waals surface area contributed by atoms with Crippen molar-refractivity contribution in [3.63, 3.8) is 0 Å². The van der Waals surface area contributed by atoms with Crippen LogP contribution in [0.4, 0.5) is 8.78 Å². The minimum atomic E-state index is -0.715. The Balaban J connectivity index is 1.35. The molecule has 0 spiro atoms. The fraction of sp³-hybridized carbons (Fsp3) is 0.167. The van der Waals surface area contributed by atoms with Gasteiger partial charge in [0.25, 0.3) is 0 Å². The van der Waals surface area contributed by atoms with Crippen molar-refractivity contribution in [2.75, 3.05) is 6.54 Å². The summed E-state index contributed by atoms with van der Waals surface area (Å²) in [5, 5.41) is 2.76. The summed E-state index contributed by atoms with van der Waals surface area (Å²) < 4.78 is 32.5. The van der Waals surface area contributed by atoms with Gasteiger partial charge in [0, 0.05) is 35.9 Å². The highest BCUT2D eigenvalue weighted by atomic mass is 19.1. The van der Waals surface area contributed by atoms with Gasteiger partial charge in [-0.25, -0.2) is 8.78 Å². The number of hydrogen-bond donors (Lipinski definition) is 1. The van der Waals surface area contributed by atoms with Crippen LogP contribution in [-0.2, 0) is 11.2 Å². The van der Waals surface area contributed by atoms with E-state index in [1.165, 1.54) is 18.2 Å². The van der Waals surface area contributed by atoms with Gasteiger partial charge in [-0.2, -0.15) is 0 Å². The van der Waals surface area contributed by atoms with Crippen molar-refractivity contribution >= 4 is 12.0 Å². The molecule has 0 bridgehead atoms. The van der Waals surface area contributed by atoms with Crippen LogP contribution in [0.5, 0.6) is 5.75 Å². The highest BCUT2D eigenvalue weighted by Crippen LogP contribution is 2.33. The number of amides is 1. The summed E-state index contributed by atoms with van der Waals surface area (Å²) in [7, 11) is 0. The molecular weight excluding hydrogens is 386 g/mol. The van der Waals surface area contributed by atoms with Crippen LogP contribution in [0.15, 0.2) is 60.8 Å². The Kier molecular flexibility index (Phi) is 5.57. The number of pyridine rings is 1. The molecule has 0 fully saturated rings. The maximum atomic E-state index is 13.6. The first-order valence-electron chi connectivity index (χ1n) is 9.62. The van der Waals surface area contributed by atoms with Crippen molar-refractivity contribution in [1.82, 2.24) is 10.3 Å². The molecule has 0 saturated heterocycles. The molecule has 1 unspecified atom stereocenters. The molecule has 1 atom stereocenters. The van der Waals surface area contributed by atoms with Gasteiger partial charge in [-0.3, -0.25) is 9.78 Å². The Hall–Kier alpha value is -3.54. The first-order chi connectivity index (χ1) is 14.5. The van der Waals surface area contributed by atoms with Gasteiger partial charge in [0.05, 0.1) is 12.2 Å². The molecule has 152 valence electrons. The maximum absolute atomic E-state index is 13.6. The van der Waals surface area contributed by atoms with E-state index in [9.17, 15) is 13.6 Å². The summed E-state index contributed by atoms with van der Waals surface area (Å²) in [6.45, 7) is 2.34. The van der Waals surface area contributed by atoms with Gasteiger partial charge < -0.3 is 10.1 Å². The summed E-state index contributed by atoms with van der Waals surface area (Å²) in [5.74, 6) is -0.945. The predicted octanol–water partition coefficient (Wildman–Crippen LogP) is 4.47. The van der Waals surface area contributed by atoms with Crippen LogP contribution in [0.3, 0.4) is 0 Å². The summed E-state index contributed by atoms with van der Waals surface area (Å²) in [6, 6.07) is 13.1. The second-order valence-corrected chi connectivity index (χ2v) is 7.18. The van der Waals surface area contributed by atoms with E-state index in [2.05, 4.69) is 16.4 Å². The molecular formula is C24H20F2N2O2. The Bertz CT molecular complexity index is 1130. The lowest BCUT2D eigenvalue weighted by atomic mass is 10.0. The molecule has 3 aromatic rings. The Morgan fingerprint density at radius 3 is 2.90 bits per heavy atom. The smallest absolute Gasteiger partial charge is 0.244 e. The minimum absolute atomic E-state index is 0.147. The normalized spacial score (nSPS) is 15.1. The summed E-state index contributed by atoms with van der Waals surface area (Å²) in [4.78, 5) is 16.5. The monoisotopic (exact) mass is 406 g/mol. The third-order valence-corrected chi connectivity index (χ3v) is 4.97. The highest BCUT2D eigenvalue weighted by Gasteiger charge is 2.23. The molecule has 1 aliphatic heterocycles. The lowest BCUT2D eigenvalue weighted by Crippen LogP contribution is -2.33. The molecule has 1 N–H and O–H groups in total. The van der Waals surface area contributed by atoms with Crippen LogP contribution in [0.1, 0.15) is 16.7 Å². The zero-order chi connectivity index (χ0) is 21.1. The fourth-order valence-corrected chi connectivity index (χ4v) is 3.44. The van der Waals surface area contributed by atoms with E-state index in [4.69, 9.17) is 4.74 Å². The van der Waals surface area contributed by atoms with E-state index < -0.39 is 11.6 Å². The van der Waals surface area contributed by atoms with Gasteiger partial charge in [-0.05, 0) is 60.5 Å². The molecule has 2 aromatic carbocycles.